The van der Waals surface area contributed by atoms with Crippen molar-refractivity contribution in [2.75, 3.05) is 13.2 Å². The highest BCUT2D eigenvalue weighted by Crippen LogP contribution is 2.61. The zero-order valence-electron chi connectivity index (χ0n) is 29.2. The number of ether oxygens (including phenoxy) is 2. The molecule has 0 saturated heterocycles. The molecule has 1 heterocycles. The molecule has 1 aromatic carbocycles. The van der Waals surface area contributed by atoms with Gasteiger partial charge in [0.15, 0.2) is 11.6 Å². The molecule has 0 amide bonds. The molecule has 0 aliphatic carbocycles. The van der Waals surface area contributed by atoms with Crippen LogP contribution in [0, 0.1) is 0 Å². The molecule has 298 valence electrons. The van der Waals surface area contributed by atoms with Gasteiger partial charge in [0.1, 0.15) is 5.75 Å². The fourth-order valence-electron chi connectivity index (χ4n) is 5.14. The van der Waals surface area contributed by atoms with Crippen LogP contribution in [-0.2, 0) is 0 Å². The smallest absolute Gasteiger partial charge is 0.460 e. The van der Waals surface area contributed by atoms with Gasteiger partial charge in [-0.1, -0.05) is 83.5 Å². The third-order valence-corrected chi connectivity index (χ3v) is 11.9. The third kappa shape index (κ3) is 11.6. The third-order valence-electron chi connectivity index (χ3n) is 8.64. The maximum absolute atomic E-state index is 14.2. The van der Waals surface area contributed by atoms with Gasteiger partial charge in [0.05, 0.1) is 25.6 Å². The lowest BCUT2D eigenvalue weighted by Gasteiger charge is -2.40. The second-order valence-corrected chi connectivity index (χ2v) is 18.9. The molecule has 1 aromatic heterocycles. The van der Waals surface area contributed by atoms with Crippen LogP contribution in [0.25, 0.3) is 11.4 Å². The first-order valence-corrected chi connectivity index (χ1v) is 20.5. The second-order valence-electron chi connectivity index (χ2n) is 13.6. The van der Waals surface area contributed by atoms with Crippen molar-refractivity contribution in [2.24, 2.45) is 0 Å². The lowest BCUT2D eigenvalue weighted by atomic mass is 9.93. The molecule has 18 heteroatoms. The Bertz CT molecular complexity index is 1340. The molecule has 2 aromatic rings. The van der Waals surface area contributed by atoms with E-state index < -0.39 is 56.3 Å². The van der Waals surface area contributed by atoms with E-state index in [1.54, 1.807) is 36.7 Å². The Kier molecular flexibility index (Phi) is 16.1. The van der Waals surface area contributed by atoms with Crippen molar-refractivity contribution < 1.29 is 66.5 Å². The van der Waals surface area contributed by atoms with Crippen LogP contribution in [0.15, 0.2) is 36.7 Å². The van der Waals surface area contributed by atoms with Crippen molar-refractivity contribution in [1.29, 1.82) is 0 Å². The molecular formula is C34H45F13N2O2Si. The zero-order valence-corrected chi connectivity index (χ0v) is 30.2. The molecule has 0 unspecified atom stereocenters. The van der Waals surface area contributed by atoms with Crippen molar-refractivity contribution in [3.63, 3.8) is 0 Å². The highest BCUT2D eigenvalue weighted by atomic mass is 28.3. The van der Waals surface area contributed by atoms with Gasteiger partial charge in [-0.05, 0) is 37.1 Å². The van der Waals surface area contributed by atoms with Crippen LogP contribution in [0.3, 0.4) is 0 Å². The second kappa shape index (κ2) is 18.5. The number of halogens is 13. The molecule has 0 bridgehead atoms. The van der Waals surface area contributed by atoms with Gasteiger partial charge in [-0.25, -0.2) is 9.97 Å². The van der Waals surface area contributed by atoms with Gasteiger partial charge >= 0.3 is 35.8 Å². The van der Waals surface area contributed by atoms with Crippen LogP contribution >= 0.6 is 0 Å². The first-order chi connectivity index (χ1) is 23.9. The summed E-state index contributed by atoms with van der Waals surface area (Å²) in [6.45, 7) is 5.75. The number of nitrogens with zero attached hydrogens (tertiary/aromatic N) is 2. The molecule has 0 aliphatic heterocycles. The van der Waals surface area contributed by atoms with E-state index in [-0.39, 0.29) is 12.7 Å². The van der Waals surface area contributed by atoms with Gasteiger partial charge in [-0.15, -0.1) is 0 Å². The maximum atomic E-state index is 14.2. The molecule has 0 fully saturated rings. The fraction of sp³-hybridized carbons (Fsp3) is 0.706. The molecule has 2 rings (SSSR count). The Labute approximate surface area is 295 Å². The van der Waals surface area contributed by atoms with Crippen molar-refractivity contribution >= 4 is 8.07 Å². The molecular weight excluding hydrogens is 743 g/mol. The van der Waals surface area contributed by atoms with E-state index >= 15 is 0 Å². The largest absolute Gasteiger partial charge is 0.494 e. The molecule has 0 saturated carbocycles. The molecule has 0 spiro atoms. The van der Waals surface area contributed by atoms with E-state index in [4.69, 9.17) is 9.47 Å². The number of alkyl halides is 13. The molecule has 0 radical (unpaired) electrons. The standard InChI is InChI=1S/C34H45F13N2O2Si/c1-4-5-6-7-8-9-10-11-19-51-27-23-48-28(49-24-27)25-14-16-26(17-15-25)50-20-12-13-21-52(2,3)22-18-29(35,36)30(37,38)31(39,40)32(41,42)33(43,44)34(45,46)47/h14-17,23-24H,4-13,18-22H2,1-3H3. The normalized spacial score (nSPS) is 13.8. The van der Waals surface area contributed by atoms with Gasteiger partial charge < -0.3 is 9.47 Å². The number of rotatable bonds is 24. The lowest BCUT2D eigenvalue weighted by Crippen LogP contribution is -2.70. The minimum Gasteiger partial charge on any atom is -0.494 e. The van der Waals surface area contributed by atoms with E-state index in [0.717, 1.165) is 12.8 Å². The summed E-state index contributed by atoms with van der Waals surface area (Å²) in [6.07, 6.45) is 3.78. The van der Waals surface area contributed by atoms with Gasteiger partial charge in [0, 0.05) is 20.1 Å². The predicted molar refractivity (Wildman–Crippen MR) is 173 cm³/mol. The van der Waals surface area contributed by atoms with Gasteiger partial charge in [-0.2, -0.15) is 57.1 Å². The number of benzene rings is 1. The quantitative estimate of drug-likeness (QED) is 0.0604. The van der Waals surface area contributed by atoms with E-state index in [2.05, 4.69) is 16.9 Å². The molecule has 4 nitrogen and oxygen atoms in total. The summed E-state index contributed by atoms with van der Waals surface area (Å²) in [7, 11) is -2.91. The van der Waals surface area contributed by atoms with Crippen LogP contribution in [-0.4, -0.2) is 67.0 Å². The Hall–Kier alpha value is -2.79. The Morgan fingerprint density at radius 2 is 1.00 bits per heavy atom. The minimum absolute atomic E-state index is 0.147. The summed E-state index contributed by atoms with van der Waals surface area (Å²) in [5.74, 6) is -35.1. The fourth-order valence-corrected chi connectivity index (χ4v) is 7.59. The zero-order chi connectivity index (χ0) is 39.5. The average Bonchev–Trinajstić information content (AvgIpc) is 3.06. The Morgan fingerprint density at radius 1 is 0.538 bits per heavy atom. The first kappa shape index (κ1) is 45.4. The molecule has 0 aliphatic rings. The maximum Gasteiger partial charge on any atom is 0.460 e. The molecule has 0 N–H and O–H groups in total. The average molecular weight is 789 g/mol. The van der Waals surface area contributed by atoms with Gasteiger partial charge in [-0.3, -0.25) is 0 Å². The van der Waals surface area contributed by atoms with Crippen molar-refractivity contribution in [3.8, 4) is 22.9 Å². The van der Waals surface area contributed by atoms with E-state index in [9.17, 15) is 57.1 Å². The summed E-state index contributed by atoms with van der Waals surface area (Å²) >= 11 is 0. The van der Waals surface area contributed by atoms with E-state index in [0.29, 0.717) is 42.3 Å². The van der Waals surface area contributed by atoms with E-state index in [1.807, 2.05) is 0 Å². The number of unbranched alkanes of at least 4 members (excludes halogenated alkanes) is 8. The summed E-state index contributed by atoms with van der Waals surface area (Å²) in [5, 5.41) is 0. The van der Waals surface area contributed by atoms with Crippen molar-refractivity contribution in [3.05, 3.63) is 36.7 Å². The van der Waals surface area contributed by atoms with Crippen LogP contribution in [0.5, 0.6) is 11.5 Å². The highest BCUT2D eigenvalue weighted by molar-refractivity contribution is 6.77. The summed E-state index contributed by atoms with van der Waals surface area (Å²) in [5.41, 5.74) is 0.702. The SMILES string of the molecule is CCCCCCCCCCOc1cnc(-c2ccc(OCCCC[Si](C)(C)CCC(F)(F)C(F)(F)C(F)(F)C(F)(F)C(F)(F)C(F)(F)F)cc2)nc1. The Balaban J connectivity index is 1.79. The van der Waals surface area contributed by atoms with Crippen LogP contribution in [0.2, 0.25) is 25.2 Å². The molecule has 0 atom stereocenters. The number of hydrogen-bond acceptors (Lipinski definition) is 4. The van der Waals surface area contributed by atoms with Crippen LogP contribution < -0.4 is 9.47 Å². The van der Waals surface area contributed by atoms with Crippen molar-refractivity contribution in [2.45, 2.75) is 139 Å². The summed E-state index contributed by atoms with van der Waals surface area (Å²) < 4.78 is 185. The molecule has 52 heavy (non-hydrogen) atoms. The van der Waals surface area contributed by atoms with Crippen LogP contribution in [0.4, 0.5) is 57.1 Å². The van der Waals surface area contributed by atoms with E-state index in [1.165, 1.54) is 51.6 Å². The van der Waals surface area contributed by atoms with Crippen LogP contribution in [0.1, 0.15) is 77.6 Å². The lowest BCUT2D eigenvalue weighted by molar-refractivity contribution is -0.439. The first-order valence-electron chi connectivity index (χ1n) is 17.1. The minimum atomic E-state index is -7.88. The highest BCUT2D eigenvalue weighted by Gasteiger charge is 2.90. The monoisotopic (exact) mass is 788 g/mol. The predicted octanol–water partition coefficient (Wildman–Crippen LogP) is 12.7. The Morgan fingerprint density at radius 3 is 1.52 bits per heavy atom. The number of aromatic nitrogens is 2. The number of hydrogen-bond donors (Lipinski definition) is 0. The summed E-state index contributed by atoms with van der Waals surface area (Å²) in [4.78, 5) is 8.65. The summed E-state index contributed by atoms with van der Waals surface area (Å²) in [6, 6.07) is 6.10. The van der Waals surface area contributed by atoms with Crippen molar-refractivity contribution in [1.82, 2.24) is 9.97 Å². The van der Waals surface area contributed by atoms with Gasteiger partial charge in [0.25, 0.3) is 0 Å². The van der Waals surface area contributed by atoms with Gasteiger partial charge in [0.2, 0.25) is 0 Å². The topological polar surface area (TPSA) is 44.2 Å².